The lowest BCUT2D eigenvalue weighted by Crippen LogP contribution is -2.27. The van der Waals surface area contributed by atoms with Crippen molar-refractivity contribution in [1.29, 1.82) is 0 Å². The summed E-state index contributed by atoms with van der Waals surface area (Å²) in [7, 11) is 0. The van der Waals surface area contributed by atoms with E-state index < -0.39 is 12.2 Å². The molecular weight excluding hydrogens is 192 g/mol. The van der Waals surface area contributed by atoms with Gasteiger partial charge in [0.2, 0.25) is 0 Å². The summed E-state index contributed by atoms with van der Waals surface area (Å²) in [5.41, 5.74) is 5.65. The van der Waals surface area contributed by atoms with Gasteiger partial charge < -0.3 is 15.9 Å². The van der Waals surface area contributed by atoms with Gasteiger partial charge in [-0.15, -0.1) is 0 Å². The second-order valence-electron chi connectivity index (χ2n) is 2.68. The van der Waals surface area contributed by atoms with Crippen LogP contribution in [0.2, 0.25) is 5.02 Å². The van der Waals surface area contributed by atoms with Gasteiger partial charge in [-0.05, 0) is 6.07 Å². The van der Waals surface area contributed by atoms with Gasteiger partial charge in [0.25, 0.3) is 0 Å². The third-order valence-corrected chi connectivity index (χ3v) is 1.88. The summed E-state index contributed by atoms with van der Waals surface area (Å²) in [4.78, 5) is 3.78. The number of aromatic nitrogens is 1. The smallest absolute Gasteiger partial charge is 0.108 e. The molecule has 0 fully saturated rings. The number of aliphatic hydroxyl groups excluding tert-OH is 2. The van der Waals surface area contributed by atoms with E-state index in [1.165, 1.54) is 18.5 Å². The van der Waals surface area contributed by atoms with E-state index in [-0.39, 0.29) is 6.54 Å². The number of nitrogens with zero attached hydrogens (tertiary/aromatic N) is 1. The van der Waals surface area contributed by atoms with Crippen LogP contribution in [0.15, 0.2) is 18.5 Å². The molecule has 0 spiro atoms. The van der Waals surface area contributed by atoms with E-state index in [0.29, 0.717) is 10.6 Å². The van der Waals surface area contributed by atoms with Crippen LogP contribution in [0.25, 0.3) is 0 Å². The lowest BCUT2D eigenvalue weighted by molar-refractivity contribution is 0.0241. The molecule has 4 nitrogen and oxygen atoms in total. The fourth-order valence-corrected chi connectivity index (χ4v) is 1.12. The van der Waals surface area contributed by atoms with Crippen LogP contribution >= 0.6 is 11.6 Å². The second kappa shape index (κ2) is 4.53. The van der Waals surface area contributed by atoms with Crippen molar-refractivity contribution in [2.75, 3.05) is 6.54 Å². The molecule has 1 heterocycles. The number of hydrogen-bond acceptors (Lipinski definition) is 4. The van der Waals surface area contributed by atoms with Crippen LogP contribution in [0.4, 0.5) is 0 Å². The lowest BCUT2D eigenvalue weighted by atomic mass is 10.1. The quantitative estimate of drug-likeness (QED) is 0.649. The maximum Gasteiger partial charge on any atom is 0.108 e. The van der Waals surface area contributed by atoms with Crippen LogP contribution in [0.1, 0.15) is 11.7 Å². The fraction of sp³-hybridized carbons (Fsp3) is 0.375. The first-order valence-electron chi connectivity index (χ1n) is 3.81. The van der Waals surface area contributed by atoms with Crippen molar-refractivity contribution in [3.8, 4) is 0 Å². The summed E-state index contributed by atoms with van der Waals surface area (Å²) in [6, 6.07) is 1.54. The van der Waals surface area contributed by atoms with Gasteiger partial charge in [0, 0.05) is 24.5 Å². The molecule has 5 heteroatoms. The van der Waals surface area contributed by atoms with Crippen molar-refractivity contribution in [2.45, 2.75) is 12.2 Å². The van der Waals surface area contributed by atoms with Gasteiger partial charge in [-0.3, -0.25) is 4.98 Å². The third-order valence-electron chi connectivity index (χ3n) is 1.67. The summed E-state index contributed by atoms with van der Waals surface area (Å²) >= 11 is 5.65. The van der Waals surface area contributed by atoms with Crippen molar-refractivity contribution in [3.63, 3.8) is 0 Å². The summed E-state index contributed by atoms with van der Waals surface area (Å²) in [5.74, 6) is 0. The zero-order valence-electron chi connectivity index (χ0n) is 6.89. The SMILES string of the molecule is NCC(O)C(O)c1cncc(Cl)c1. The first-order valence-corrected chi connectivity index (χ1v) is 4.19. The molecule has 4 N–H and O–H groups in total. The van der Waals surface area contributed by atoms with Gasteiger partial charge in [-0.25, -0.2) is 0 Å². The molecule has 13 heavy (non-hydrogen) atoms. The van der Waals surface area contributed by atoms with Gasteiger partial charge in [0.15, 0.2) is 0 Å². The van der Waals surface area contributed by atoms with Gasteiger partial charge in [0.05, 0.1) is 11.1 Å². The molecule has 0 aromatic carbocycles. The Morgan fingerprint density at radius 3 is 2.69 bits per heavy atom. The summed E-state index contributed by atoms with van der Waals surface area (Å²) in [6.07, 6.45) is 0.874. The van der Waals surface area contributed by atoms with Gasteiger partial charge in [-0.2, -0.15) is 0 Å². The van der Waals surface area contributed by atoms with Crippen LogP contribution in [0.3, 0.4) is 0 Å². The Labute approximate surface area is 81.0 Å². The van der Waals surface area contributed by atoms with E-state index >= 15 is 0 Å². The predicted octanol–water partition coefficient (Wildman–Crippen LogP) is 0.0880. The predicted molar refractivity (Wildman–Crippen MR) is 49.3 cm³/mol. The molecule has 1 aromatic rings. The fourth-order valence-electron chi connectivity index (χ4n) is 0.941. The largest absolute Gasteiger partial charge is 0.389 e. The minimum atomic E-state index is -1.03. The molecule has 0 radical (unpaired) electrons. The maximum absolute atomic E-state index is 9.48. The molecule has 1 rings (SSSR count). The highest BCUT2D eigenvalue weighted by Gasteiger charge is 2.16. The Balaban J connectivity index is 2.82. The van der Waals surface area contributed by atoms with E-state index in [9.17, 15) is 10.2 Å². The molecule has 0 aliphatic carbocycles. The lowest BCUT2D eigenvalue weighted by Gasteiger charge is -2.15. The first kappa shape index (κ1) is 10.4. The molecule has 2 atom stereocenters. The maximum atomic E-state index is 9.48. The first-order chi connectivity index (χ1) is 6.15. The average Bonchev–Trinajstić information content (AvgIpc) is 2.15. The molecule has 0 saturated carbocycles. The normalized spacial score (nSPS) is 15.4. The molecule has 0 bridgehead atoms. The molecule has 1 aromatic heterocycles. The summed E-state index contributed by atoms with van der Waals surface area (Å²) < 4.78 is 0. The Bertz CT molecular complexity index is 283. The number of nitrogens with two attached hydrogens (primary N) is 1. The number of aliphatic hydroxyl groups is 2. The Hall–Kier alpha value is -0.680. The van der Waals surface area contributed by atoms with Crippen LogP contribution < -0.4 is 5.73 Å². The molecule has 0 amide bonds. The third kappa shape index (κ3) is 2.63. The second-order valence-corrected chi connectivity index (χ2v) is 3.12. The van der Waals surface area contributed by atoms with E-state index in [4.69, 9.17) is 17.3 Å². The number of rotatable bonds is 3. The van der Waals surface area contributed by atoms with Crippen LogP contribution in [-0.2, 0) is 0 Å². The van der Waals surface area contributed by atoms with E-state index in [1.54, 1.807) is 0 Å². The Kier molecular flexibility index (Phi) is 3.62. The number of hydrogen-bond donors (Lipinski definition) is 3. The molecule has 72 valence electrons. The number of halogens is 1. The highest BCUT2D eigenvalue weighted by molar-refractivity contribution is 6.30. The van der Waals surface area contributed by atoms with Crippen molar-refractivity contribution < 1.29 is 10.2 Å². The van der Waals surface area contributed by atoms with E-state index in [1.807, 2.05) is 0 Å². The monoisotopic (exact) mass is 202 g/mol. The zero-order valence-corrected chi connectivity index (χ0v) is 7.65. The summed E-state index contributed by atoms with van der Waals surface area (Å²) in [5, 5.41) is 19.1. The van der Waals surface area contributed by atoms with Crippen LogP contribution in [0.5, 0.6) is 0 Å². The Morgan fingerprint density at radius 2 is 2.15 bits per heavy atom. The highest BCUT2D eigenvalue weighted by Crippen LogP contribution is 2.18. The topological polar surface area (TPSA) is 79.4 Å². The van der Waals surface area contributed by atoms with E-state index in [0.717, 1.165) is 0 Å². The van der Waals surface area contributed by atoms with Gasteiger partial charge in [-0.1, -0.05) is 11.6 Å². The van der Waals surface area contributed by atoms with Crippen molar-refractivity contribution >= 4 is 11.6 Å². The van der Waals surface area contributed by atoms with Gasteiger partial charge in [0.1, 0.15) is 6.10 Å². The number of pyridine rings is 1. The van der Waals surface area contributed by atoms with Crippen LogP contribution in [0, 0.1) is 0 Å². The van der Waals surface area contributed by atoms with Gasteiger partial charge >= 0.3 is 0 Å². The molecular formula is C8H11ClN2O2. The zero-order chi connectivity index (χ0) is 9.84. The minimum absolute atomic E-state index is 0.00627. The molecule has 0 aliphatic heterocycles. The molecule has 0 saturated heterocycles. The van der Waals surface area contributed by atoms with Crippen molar-refractivity contribution in [3.05, 3.63) is 29.0 Å². The average molecular weight is 203 g/mol. The molecule has 0 aliphatic rings. The standard InChI is InChI=1S/C8H11ClN2O2/c9-6-1-5(3-11-4-6)8(13)7(12)2-10/h1,3-4,7-8,12-13H,2,10H2. The summed E-state index contributed by atoms with van der Waals surface area (Å²) in [6.45, 7) is -0.00627. The highest BCUT2D eigenvalue weighted by atomic mass is 35.5. The van der Waals surface area contributed by atoms with Crippen LogP contribution in [-0.4, -0.2) is 27.8 Å². The molecule has 2 unspecified atom stereocenters. The Morgan fingerprint density at radius 1 is 1.46 bits per heavy atom. The van der Waals surface area contributed by atoms with E-state index in [2.05, 4.69) is 4.98 Å². The van der Waals surface area contributed by atoms with Crippen molar-refractivity contribution in [1.82, 2.24) is 4.98 Å². The minimum Gasteiger partial charge on any atom is -0.389 e. The van der Waals surface area contributed by atoms with Crippen molar-refractivity contribution in [2.24, 2.45) is 5.73 Å².